The van der Waals surface area contributed by atoms with Gasteiger partial charge in [-0.15, -0.1) is 0 Å². The average Bonchev–Trinajstić information content (AvgIpc) is 3.32. The molecule has 0 spiro atoms. The van der Waals surface area contributed by atoms with Crippen LogP contribution in [0.15, 0.2) is 24.5 Å². The molecule has 26 heavy (non-hydrogen) atoms. The smallest absolute Gasteiger partial charge is 0.245 e. The molecule has 2 fully saturated rings. The van der Waals surface area contributed by atoms with Crippen molar-refractivity contribution in [2.45, 2.75) is 25.8 Å². The van der Waals surface area contributed by atoms with Gasteiger partial charge in [0.25, 0.3) is 0 Å². The molecule has 2 aliphatic rings. The molecule has 0 saturated carbocycles. The van der Waals surface area contributed by atoms with Crippen molar-refractivity contribution >= 4 is 17.6 Å². The highest BCUT2D eigenvalue weighted by molar-refractivity contribution is 5.90. The molecule has 9 heteroatoms. The van der Waals surface area contributed by atoms with Gasteiger partial charge in [0, 0.05) is 51.1 Å². The number of nitrogens with zero attached hydrogens (tertiary/aromatic N) is 6. The number of aromatic nitrogens is 4. The highest BCUT2D eigenvalue weighted by Crippen LogP contribution is 2.18. The van der Waals surface area contributed by atoms with Crippen LogP contribution in [0.5, 0.6) is 0 Å². The second-order valence-electron chi connectivity index (χ2n) is 6.55. The number of carbonyl (C=O) groups is 2. The Hall–Kier alpha value is -2.97. The summed E-state index contributed by atoms with van der Waals surface area (Å²) >= 11 is 0. The number of piperazine rings is 1. The average molecular weight is 355 g/mol. The van der Waals surface area contributed by atoms with Crippen LogP contribution in [0.4, 0.5) is 5.82 Å². The van der Waals surface area contributed by atoms with Gasteiger partial charge in [0.2, 0.25) is 11.8 Å². The molecule has 2 amide bonds. The van der Waals surface area contributed by atoms with Crippen LogP contribution in [0.25, 0.3) is 5.82 Å². The first-order chi connectivity index (χ1) is 12.6. The summed E-state index contributed by atoms with van der Waals surface area (Å²) in [7, 11) is 0. The van der Waals surface area contributed by atoms with E-state index in [0.29, 0.717) is 44.8 Å². The second-order valence-corrected chi connectivity index (χ2v) is 6.55. The molecule has 136 valence electrons. The summed E-state index contributed by atoms with van der Waals surface area (Å²) in [5.74, 6) is 2.23. The van der Waals surface area contributed by atoms with Crippen LogP contribution in [0.2, 0.25) is 0 Å². The lowest BCUT2D eigenvalue weighted by molar-refractivity contribution is -0.134. The Labute approximate surface area is 151 Å². The van der Waals surface area contributed by atoms with Gasteiger partial charge < -0.3 is 15.1 Å². The Bertz CT molecular complexity index is 813. The van der Waals surface area contributed by atoms with E-state index in [1.807, 2.05) is 30.2 Å². The van der Waals surface area contributed by atoms with Crippen molar-refractivity contribution in [1.29, 1.82) is 0 Å². The minimum absolute atomic E-state index is 0.0200. The van der Waals surface area contributed by atoms with Gasteiger partial charge in [-0.2, -0.15) is 5.10 Å². The molecule has 4 heterocycles. The molecule has 0 aromatic carbocycles. The van der Waals surface area contributed by atoms with Crippen LogP contribution in [0.1, 0.15) is 18.7 Å². The summed E-state index contributed by atoms with van der Waals surface area (Å²) in [6.45, 7) is 4.48. The highest BCUT2D eigenvalue weighted by Gasteiger charge is 2.32. The molecule has 0 bridgehead atoms. The molecular weight excluding hydrogens is 334 g/mol. The molecule has 1 unspecified atom stereocenters. The summed E-state index contributed by atoms with van der Waals surface area (Å²) in [4.78, 5) is 36.8. The Morgan fingerprint density at radius 1 is 1.19 bits per heavy atom. The Balaban J connectivity index is 1.43. The number of carbonyl (C=O) groups excluding carboxylic acids is 2. The summed E-state index contributed by atoms with van der Waals surface area (Å²) in [6, 6.07) is 3.40. The van der Waals surface area contributed by atoms with E-state index in [1.54, 1.807) is 10.9 Å². The Morgan fingerprint density at radius 2 is 1.96 bits per heavy atom. The van der Waals surface area contributed by atoms with Gasteiger partial charge in [-0.3, -0.25) is 9.59 Å². The molecule has 2 saturated heterocycles. The number of amides is 2. The molecule has 0 radical (unpaired) electrons. The predicted octanol–water partition coefficient (Wildman–Crippen LogP) is -0.102. The van der Waals surface area contributed by atoms with Crippen LogP contribution in [-0.2, 0) is 9.59 Å². The van der Waals surface area contributed by atoms with E-state index in [9.17, 15) is 9.59 Å². The van der Waals surface area contributed by atoms with Crippen molar-refractivity contribution < 1.29 is 9.59 Å². The van der Waals surface area contributed by atoms with E-state index in [1.165, 1.54) is 0 Å². The molecule has 2 aromatic heterocycles. The topological polar surface area (TPSA) is 96.2 Å². The van der Waals surface area contributed by atoms with Crippen LogP contribution < -0.4 is 10.2 Å². The van der Waals surface area contributed by atoms with Crippen molar-refractivity contribution in [2.24, 2.45) is 0 Å². The molecule has 9 nitrogen and oxygen atoms in total. The third kappa shape index (κ3) is 3.24. The number of hydrogen-bond acceptors (Lipinski definition) is 6. The molecule has 1 atom stereocenters. The van der Waals surface area contributed by atoms with Gasteiger partial charge >= 0.3 is 0 Å². The summed E-state index contributed by atoms with van der Waals surface area (Å²) < 4.78 is 1.71. The minimum atomic E-state index is -0.359. The van der Waals surface area contributed by atoms with Crippen LogP contribution in [0.3, 0.4) is 0 Å². The van der Waals surface area contributed by atoms with Crippen molar-refractivity contribution in [1.82, 2.24) is 30.0 Å². The zero-order valence-electron chi connectivity index (χ0n) is 14.6. The summed E-state index contributed by atoms with van der Waals surface area (Å²) in [6.07, 6.45) is 4.59. The maximum Gasteiger partial charge on any atom is 0.245 e. The summed E-state index contributed by atoms with van der Waals surface area (Å²) in [5.41, 5.74) is 0. The first-order valence-electron chi connectivity index (χ1n) is 8.79. The van der Waals surface area contributed by atoms with Gasteiger partial charge in [0.1, 0.15) is 17.7 Å². The van der Waals surface area contributed by atoms with Crippen LogP contribution in [-0.4, -0.2) is 68.7 Å². The number of hydrogen-bond donors (Lipinski definition) is 1. The normalized spacial score (nSPS) is 20.3. The molecular formula is C17H21N7O2. The zero-order valence-corrected chi connectivity index (χ0v) is 14.6. The monoisotopic (exact) mass is 355 g/mol. The molecule has 0 aliphatic carbocycles. The van der Waals surface area contributed by atoms with Crippen molar-refractivity contribution in [3.8, 4) is 5.82 Å². The number of nitrogens with one attached hydrogen (secondary N) is 1. The fourth-order valence-corrected chi connectivity index (χ4v) is 3.40. The third-order valence-corrected chi connectivity index (χ3v) is 4.76. The highest BCUT2D eigenvalue weighted by atomic mass is 16.2. The van der Waals surface area contributed by atoms with E-state index in [2.05, 4.69) is 25.3 Å². The van der Waals surface area contributed by atoms with Crippen molar-refractivity contribution in [2.75, 3.05) is 31.1 Å². The first kappa shape index (κ1) is 16.5. The van der Waals surface area contributed by atoms with Crippen molar-refractivity contribution in [3.63, 3.8) is 0 Å². The molecule has 4 rings (SSSR count). The fourth-order valence-electron chi connectivity index (χ4n) is 3.40. The standard InChI is InChI=1S/C17H21N7O2/c1-12-19-14(11-15(20-12)24-6-2-5-18-24)22-7-9-23(10-8-22)17(26)13-3-4-16(25)21-13/h2,5-6,11,13H,3-4,7-10H2,1H3,(H,21,25). The second kappa shape index (κ2) is 6.74. The number of anilines is 1. The largest absolute Gasteiger partial charge is 0.353 e. The van der Waals surface area contributed by atoms with E-state index in [0.717, 1.165) is 11.6 Å². The van der Waals surface area contributed by atoms with E-state index >= 15 is 0 Å². The quantitative estimate of drug-likeness (QED) is 0.826. The minimum Gasteiger partial charge on any atom is -0.353 e. The lowest BCUT2D eigenvalue weighted by atomic mass is 10.2. The van der Waals surface area contributed by atoms with Gasteiger partial charge in [-0.1, -0.05) is 0 Å². The van der Waals surface area contributed by atoms with Gasteiger partial charge in [0.15, 0.2) is 5.82 Å². The first-order valence-corrected chi connectivity index (χ1v) is 8.79. The van der Waals surface area contributed by atoms with Gasteiger partial charge in [-0.25, -0.2) is 14.6 Å². The van der Waals surface area contributed by atoms with Crippen LogP contribution in [0, 0.1) is 6.92 Å². The third-order valence-electron chi connectivity index (χ3n) is 4.76. The molecule has 2 aliphatic heterocycles. The lowest BCUT2D eigenvalue weighted by Crippen LogP contribution is -2.53. The fraction of sp³-hybridized carbons (Fsp3) is 0.471. The maximum absolute atomic E-state index is 12.5. The van der Waals surface area contributed by atoms with E-state index < -0.39 is 0 Å². The van der Waals surface area contributed by atoms with Crippen LogP contribution >= 0.6 is 0 Å². The molecule has 2 aromatic rings. The van der Waals surface area contributed by atoms with Crippen molar-refractivity contribution in [3.05, 3.63) is 30.4 Å². The van der Waals surface area contributed by atoms with Gasteiger partial charge in [0.05, 0.1) is 0 Å². The number of aryl methyl sites for hydroxylation is 1. The van der Waals surface area contributed by atoms with Gasteiger partial charge in [-0.05, 0) is 19.4 Å². The van der Waals surface area contributed by atoms with E-state index in [4.69, 9.17) is 0 Å². The maximum atomic E-state index is 12.5. The summed E-state index contributed by atoms with van der Waals surface area (Å²) in [5, 5.41) is 6.97. The molecule has 1 N–H and O–H groups in total. The lowest BCUT2D eigenvalue weighted by Gasteiger charge is -2.36. The number of rotatable bonds is 3. The SMILES string of the molecule is Cc1nc(N2CCN(C(=O)C3CCC(=O)N3)CC2)cc(-n2cccn2)n1. The van der Waals surface area contributed by atoms with E-state index in [-0.39, 0.29) is 17.9 Å². The zero-order chi connectivity index (χ0) is 18.1. The Morgan fingerprint density at radius 3 is 2.62 bits per heavy atom. The predicted molar refractivity (Wildman–Crippen MR) is 93.8 cm³/mol. The Kier molecular flexibility index (Phi) is 4.27.